The molecule has 0 radical (unpaired) electrons. The number of benzene rings is 5. The highest BCUT2D eigenvalue weighted by Gasteiger charge is 2.41. The average molecular weight is 575 g/mol. The first-order valence-electron chi connectivity index (χ1n) is 15.4. The molecule has 2 atom stereocenters. The monoisotopic (exact) mass is 574 g/mol. The molecule has 210 valence electrons. The molecule has 0 spiro atoms. The van der Waals surface area contributed by atoms with Crippen LogP contribution in [0.25, 0.3) is 49.7 Å². The van der Waals surface area contributed by atoms with Gasteiger partial charge in [-0.15, -0.1) is 0 Å². The van der Waals surface area contributed by atoms with E-state index in [1.165, 1.54) is 44.3 Å². The van der Waals surface area contributed by atoms with Crippen LogP contribution in [-0.4, -0.2) is 10.6 Å². The van der Waals surface area contributed by atoms with Crippen molar-refractivity contribution >= 4 is 33.2 Å². The summed E-state index contributed by atoms with van der Waals surface area (Å²) in [7, 11) is 0. The zero-order valence-corrected chi connectivity index (χ0v) is 24.3. The summed E-state index contributed by atoms with van der Waals surface area (Å²) in [6, 6.07) is 49.9. The minimum atomic E-state index is 0.147. The smallest absolute Gasteiger partial charge is 0.185 e. The summed E-state index contributed by atoms with van der Waals surface area (Å²) in [6.07, 6.45) is 9.05. The fourth-order valence-electron chi connectivity index (χ4n) is 7.72. The van der Waals surface area contributed by atoms with E-state index >= 15 is 0 Å². The Kier molecular flexibility index (Phi) is 5.03. The Morgan fingerprint density at radius 3 is 2.36 bits per heavy atom. The van der Waals surface area contributed by atoms with E-state index in [0.717, 1.165) is 28.1 Å². The fraction of sp³-hybridized carbons (Fsp3) is 0.0476. The standard InChI is InChI=1S/C42H26N2O/c1-2-12-27(13-3-1)43-36-19-9-7-16-31(36)35-26-28(22-24-38(35)43)44-37-20-10-6-15-30(37)34-23-25-40-41(42(34)44)33-18-5-4-14-29(33)32-17-8-11-21-39(32)45-40/h1-10,12-20,22-26,30,37H. The first-order valence-corrected chi connectivity index (χ1v) is 15.4. The molecular weight excluding hydrogens is 548 g/mol. The Morgan fingerprint density at radius 1 is 0.622 bits per heavy atom. The van der Waals surface area contributed by atoms with Gasteiger partial charge >= 0.3 is 0 Å². The van der Waals surface area contributed by atoms with Crippen molar-refractivity contribution in [2.24, 2.45) is 0 Å². The summed E-state index contributed by atoms with van der Waals surface area (Å²) in [6.45, 7) is 0. The Labute approximate surface area is 261 Å². The maximum absolute atomic E-state index is 6.68. The highest BCUT2D eigenvalue weighted by atomic mass is 16.5. The Hall–Kier alpha value is -5.98. The molecule has 2 aliphatic heterocycles. The number of ether oxygens (including phenoxy) is 1. The van der Waals surface area contributed by atoms with E-state index in [4.69, 9.17) is 4.74 Å². The van der Waals surface area contributed by atoms with Gasteiger partial charge in [0.2, 0.25) is 0 Å². The number of allylic oxidation sites excluding steroid dienone is 2. The van der Waals surface area contributed by atoms with Gasteiger partial charge in [0.15, 0.2) is 5.75 Å². The molecule has 1 aromatic heterocycles. The zero-order valence-electron chi connectivity index (χ0n) is 24.3. The first kappa shape index (κ1) is 24.5. The van der Waals surface area contributed by atoms with Crippen molar-refractivity contribution in [3.63, 3.8) is 0 Å². The van der Waals surface area contributed by atoms with Crippen molar-refractivity contribution in [3.05, 3.63) is 163 Å². The summed E-state index contributed by atoms with van der Waals surface area (Å²) in [5.41, 5.74) is 11.7. The minimum Gasteiger partial charge on any atom is -0.447 e. The average Bonchev–Trinajstić information content (AvgIpc) is 3.56. The summed E-state index contributed by atoms with van der Waals surface area (Å²) >= 11 is 0. The van der Waals surface area contributed by atoms with E-state index in [1.807, 2.05) is 6.07 Å². The number of rotatable bonds is 2. The van der Waals surface area contributed by atoms with Crippen LogP contribution in [0.4, 0.5) is 11.4 Å². The van der Waals surface area contributed by atoms with Crippen LogP contribution in [0.5, 0.6) is 11.5 Å². The van der Waals surface area contributed by atoms with Crippen LogP contribution in [0.3, 0.4) is 0 Å². The molecule has 0 fully saturated rings. The predicted molar refractivity (Wildman–Crippen MR) is 183 cm³/mol. The molecule has 0 amide bonds. The lowest BCUT2D eigenvalue weighted by atomic mass is 9.88. The van der Waals surface area contributed by atoms with E-state index in [0.29, 0.717) is 5.75 Å². The van der Waals surface area contributed by atoms with Gasteiger partial charge in [-0.05, 0) is 77.4 Å². The van der Waals surface area contributed by atoms with Crippen molar-refractivity contribution in [2.75, 3.05) is 4.90 Å². The van der Waals surface area contributed by atoms with Crippen LogP contribution < -0.4 is 9.64 Å². The first-order chi connectivity index (χ1) is 22.3. The molecule has 0 bridgehead atoms. The summed E-state index contributed by atoms with van der Waals surface area (Å²) in [5, 5.41) is 2.49. The van der Waals surface area contributed by atoms with Gasteiger partial charge in [-0.3, -0.25) is 0 Å². The van der Waals surface area contributed by atoms with Crippen molar-refractivity contribution in [2.45, 2.75) is 12.0 Å². The van der Waals surface area contributed by atoms with Gasteiger partial charge in [0.1, 0.15) is 5.75 Å². The van der Waals surface area contributed by atoms with Crippen LogP contribution in [0.1, 0.15) is 11.5 Å². The molecular formula is C42H26N2O. The lowest BCUT2D eigenvalue weighted by Gasteiger charge is -2.30. The van der Waals surface area contributed by atoms with E-state index in [1.54, 1.807) is 0 Å². The quantitative estimate of drug-likeness (QED) is 0.204. The number of para-hydroxylation sites is 2. The van der Waals surface area contributed by atoms with Gasteiger partial charge in [0.25, 0.3) is 0 Å². The molecule has 3 aliphatic rings. The topological polar surface area (TPSA) is 17.4 Å². The molecule has 0 saturated heterocycles. The van der Waals surface area contributed by atoms with E-state index in [9.17, 15) is 0 Å². The van der Waals surface area contributed by atoms with Crippen LogP contribution in [-0.2, 0) is 0 Å². The molecule has 0 saturated carbocycles. The van der Waals surface area contributed by atoms with Gasteiger partial charge in [0.05, 0.1) is 22.8 Å². The molecule has 2 unspecified atom stereocenters. The van der Waals surface area contributed by atoms with Gasteiger partial charge < -0.3 is 14.2 Å². The second-order valence-corrected chi connectivity index (χ2v) is 11.9. The third-order valence-electron chi connectivity index (χ3n) is 9.59. The molecule has 3 nitrogen and oxygen atoms in total. The molecule has 10 rings (SSSR count). The van der Waals surface area contributed by atoms with E-state index in [2.05, 4.69) is 161 Å². The molecule has 1 aliphatic carbocycles. The summed E-state index contributed by atoms with van der Waals surface area (Å²) in [4.78, 5) is 2.54. The van der Waals surface area contributed by atoms with Gasteiger partial charge in [0, 0.05) is 39.2 Å². The third kappa shape index (κ3) is 3.42. The van der Waals surface area contributed by atoms with Crippen molar-refractivity contribution < 1.29 is 4.74 Å². The SMILES string of the molecule is c1ccc2c(c#1)Oc1ccc3c(c1-c1ccccc1-2)N(c1ccc2c(c1)c1ccccc1n2-c1ccccc1)C1C=CC=CC31. The largest absolute Gasteiger partial charge is 0.447 e. The molecule has 45 heavy (non-hydrogen) atoms. The van der Waals surface area contributed by atoms with Crippen molar-refractivity contribution in [1.82, 2.24) is 4.57 Å². The van der Waals surface area contributed by atoms with E-state index < -0.39 is 0 Å². The van der Waals surface area contributed by atoms with Crippen LogP contribution >= 0.6 is 0 Å². The summed E-state index contributed by atoms with van der Waals surface area (Å²) < 4.78 is 9.05. The fourth-order valence-corrected chi connectivity index (χ4v) is 7.72. The highest BCUT2D eigenvalue weighted by Crippen LogP contribution is 2.58. The second kappa shape index (κ2) is 9.26. The number of hydrogen-bond donors (Lipinski definition) is 0. The van der Waals surface area contributed by atoms with Gasteiger partial charge in [-0.25, -0.2) is 0 Å². The Morgan fingerprint density at radius 2 is 1.42 bits per heavy atom. The maximum Gasteiger partial charge on any atom is 0.185 e. The highest BCUT2D eigenvalue weighted by molar-refractivity contribution is 6.11. The lowest BCUT2D eigenvalue weighted by molar-refractivity contribution is 0.488. The van der Waals surface area contributed by atoms with E-state index in [-0.39, 0.29) is 12.0 Å². The zero-order chi connectivity index (χ0) is 29.5. The van der Waals surface area contributed by atoms with Gasteiger partial charge in [-0.2, -0.15) is 0 Å². The second-order valence-electron chi connectivity index (χ2n) is 11.9. The number of aromatic nitrogens is 1. The number of anilines is 2. The lowest BCUT2D eigenvalue weighted by Crippen LogP contribution is -2.28. The number of fused-ring (bicyclic) bond motifs is 12. The number of hydrogen-bond acceptors (Lipinski definition) is 2. The Balaban J connectivity index is 1.25. The normalized spacial score (nSPS) is 17.1. The molecule has 7 aromatic rings. The molecule has 3 heteroatoms. The summed E-state index contributed by atoms with van der Waals surface area (Å²) in [5.74, 6) is 1.78. The van der Waals surface area contributed by atoms with Crippen LogP contribution in [0, 0.1) is 12.1 Å². The van der Waals surface area contributed by atoms with Crippen molar-refractivity contribution in [3.8, 4) is 39.4 Å². The van der Waals surface area contributed by atoms with Crippen LogP contribution in [0.2, 0.25) is 0 Å². The third-order valence-corrected chi connectivity index (χ3v) is 9.59. The predicted octanol–water partition coefficient (Wildman–Crippen LogP) is 10.6. The Bertz CT molecular complexity index is 2380. The van der Waals surface area contributed by atoms with Crippen molar-refractivity contribution in [1.29, 1.82) is 0 Å². The van der Waals surface area contributed by atoms with Gasteiger partial charge in [-0.1, -0.05) is 97.1 Å². The molecule has 0 N–H and O–H groups in total. The number of nitrogens with zero attached hydrogens (tertiary/aromatic N) is 2. The molecule has 3 heterocycles. The molecule has 6 aromatic carbocycles. The van der Waals surface area contributed by atoms with Crippen LogP contribution in [0.15, 0.2) is 146 Å². The maximum atomic E-state index is 6.68. The minimum absolute atomic E-state index is 0.147.